The van der Waals surface area contributed by atoms with Gasteiger partial charge in [-0.25, -0.2) is 8.78 Å². The van der Waals surface area contributed by atoms with Gasteiger partial charge in [-0.3, -0.25) is 0 Å². The van der Waals surface area contributed by atoms with Crippen LogP contribution >= 0.6 is 0 Å². The zero-order valence-electron chi connectivity index (χ0n) is 8.46. The number of ether oxygens (including phenoxy) is 1. The molecule has 0 aromatic carbocycles. The van der Waals surface area contributed by atoms with Crippen molar-refractivity contribution in [3.05, 3.63) is 0 Å². The molecule has 1 saturated carbocycles. The molecule has 1 N–H and O–H groups in total. The molecule has 1 aliphatic carbocycles. The quantitative estimate of drug-likeness (QED) is 0.716. The van der Waals surface area contributed by atoms with Crippen molar-refractivity contribution >= 4 is 0 Å². The van der Waals surface area contributed by atoms with Gasteiger partial charge in [0.25, 0.3) is 0 Å². The molecule has 1 fully saturated rings. The van der Waals surface area contributed by atoms with Crippen LogP contribution < -0.4 is 0 Å². The summed E-state index contributed by atoms with van der Waals surface area (Å²) in [5.74, 6) is 0. The monoisotopic (exact) mass is 208 g/mol. The van der Waals surface area contributed by atoms with Crippen LogP contribution in [0.25, 0.3) is 0 Å². The summed E-state index contributed by atoms with van der Waals surface area (Å²) in [5.41, 5.74) is 0. The van der Waals surface area contributed by atoms with Crippen LogP contribution in [-0.4, -0.2) is 36.3 Å². The summed E-state index contributed by atoms with van der Waals surface area (Å²) in [5, 5.41) is 9.07. The Bertz CT molecular complexity index is 166. The van der Waals surface area contributed by atoms with Gasteiger partial charge < -0.3 is 9.84 Å². The second-order valence-electron chi connectivity index (χ2n) is 3.80. The number of unbranched alkanes of at least 4 members (excludes halogenated alkanes) is 1. The normalized spacial score (nSPS) is 38.6. The van der Waals surface area contributed by atoms with E-state index in [1.54, 1.807) is 0 Å². The summed E-state index contributed by atoms with van der Waals surface area (Å²) >= 11 is 0. The fraction of sp³-hybridized carbons (Fsp3) is 1.00. The summed E-state index contributed by atoms with van der Waals surface area (Å²) < 4.78 is 31.5. The van der Waals surface area contributed by atoms with E-state index in [2.05, 4.69) is 0 Å². The number of halogens is 2. The first-order chi connectivity index (χ1) is 6.66. The first kappa shape index (κ1) is 11.9. The maximum Gasteiger partial charge on any atom is 0.160 e. The van der Waals surface area contributed by atoms with Gasteiger partial charge in [-0.05, 0) is 19.3 Å². The molecule has 1 rings (SSSR count). The minimum Gasteiger partial charge on any atom is -0.390 e. The molecule has 4 unspecified atom stereocenters. The summed E-state index contributed by atoms with van der Waals surface area (Å²) in [6, 6.07) is 0. The zero-order chi connectivity index (χ0) is 10.6. The number of hydrogen-bond acceptors (Lipinski definition) is 2. The predicted octanol–water partition coefficient (Wildman–Crippen LogP) is 2.00. The maximum absolute atomic E-state index is 13.3. The van der Waals surface area contributed by atoms with Gasteiger partial charge in [0.1, 0.15) is 0 Å². The first-order valence-corrected chi connectivity index (χ1v) is 5.24. The van der Waals surface area contributed by atoms with Gasteiger partial charge in [0.2, 0.25) is 0 Å². The molecule has 0 aliphatic heterocycles. The van der Waals surface area contributed by atoms with E-state index in [9.17, 15) is 8.78 Å². The van der Waals surface area contributed by atoms with Gasteiger partial charge in [0, 0.05) is 6.61 Å². The van der Waals surface area contributed by atoms with Crippen LogP contribution in [0.3, 0.4) is 0 Å². The minimum absolute atomic E-state index is 0.290. The molecule has 0 aromatic rings. The Morgan fingerprint density at radius 3 is 2.64 bits per heavy atom. The van der Waals surface area contributed by atoms with Crippen molar-refractivity contribution in [1.29, 1.82) is 0 Å². The lowest BCUT2D eigenvalue weighted by Crippen LogP contribution is -2.45. The van der Waals surface area contributed by atoms with Crippen molar-refractivity contribution in [2.45, 2.75) is 57.2 Å². The van der Waals surface area contributed by atoms with Crippen LogP contribution in [0, 0.1) is 0 Å². The van der Waals surface area contributed by atoms with Crippen molar-refractivity contribution in [2.24, 2.45) is 0 Å². The van der Waals surface area contributed by atoms with E-state index in [1.165, 1.54) is 0 Å². The van der Waals surface area contributed by atoms with Crippen LogP contribution in [0.5, 0.6) is 0 Å². The molecule has 2 nitrogen and oxygen atoms in total. The van der Waals surface area contributed by atoms with Gasteiger partial charge in [-0.2, -0.15) is 0 Å². The molecule has 4 heteroatoms. The van der Waals surface area contributed by atoms with Gasteiger partial charge >= 0.3 is 0 Å². The van der Waals surface area contributed by atoms with E-state index in [0.717, 1.165) is 12.8 Å². The highest BCUT2D eigenvalue weighted by molar-refractivity contribution is 4.88. The van der Waals surface area contributed by atoms with Crippen molar-refractivity contribution in [1.82, 2.24) is 0 Å². The summed E-state index contributed by atoms with van der Waals surface area (Å²) in [7, 11) is 0. The summed E-state index contributed by atoms with van der Waals surface area (Å²) in [6.07, 6.45) is -2.74. The standard InChI is InChI=1S/C10H18F2O2/c1-2-3-6-14-8-5-4-7(13)9(11)10(8)12/h7-10,13H,2-6H2,1H3. The maximum atomic E-state index is 13.3. The van der Waals surface area contributed by atoms with Crippen LogP contribution in [0.15, 0.2) is 0 Å². The largest absolute Gasteiger partial charge is 0.390 e. The molecular formula is C10H18F2O2. The highest BCUT2D eigenvalue weighted by Crippen LogP contribution is 2.27. The Balaban J connectivity index is 2.31. The third kappa shape index (κ3) is 2.89. The molecule has 0 bridgehead atoms. The minimum atomic E-state index is -1.78. The average Bonchev–Trinajstić information content (AvgIpc) is 2.18. The van der Waals surface area contributed by atoms with E-state index in [1.807, 2.05) is 6.92 Å². The molecule has 0 amide bonds. The second-order valence-corrected chi connectivity index (χ2v) is 3.80. The fourth-order valence-electron chi connectivity index (χ4n) is 1.63. The van der Waals surface area contributed by atoms with Crippen LogP contribution in [-0.2, 0) is 4.74 Å². The lowest BCUT2D eigenvalue weighted by atomic mass is 9.91. The third-order valence-corrected chi connectivity index (χ3v) is 2.60. The second kappa shape index (κ2) is 5.61. The van der Waals surface area contributed by atoms with Gasteiger partial charge in [0.15, 0.2) is 12.3 Å². The van der Waals surface area contributed by atoms with Gasteiger partial charge in [-0.1, -0.05) is 13.3 Å². The number of alkyl halides is 2. The molecule has 14 heavy (non-hydrogen) atoms. The van der Waals surface area contributed by atoms with E-state index >= 15 is 0 Å². The SMILES string of the molecule is CCCCOC1CCC(O)C(F)C1F. The Hall–Kier alpha value is -0.220. The van der Waals surface area contributed by atoms with Crippen LogP contribution in [0.2, 0.25) is 0 Å². The molecule has 0 spiro atoms. The molecular weight excluding hydrogens is 190 g/mol. The first-order valence-electron chi connectivity index (χ1n) is 5.24. The number of aliphatic hydroxyl groups excluding tert-OH is 1. The lowest BCUT2D eigenvalue weighted by Gasteiger charge is -2.32. The predicted molar refractivity (Wildman–Crippen MR) is 49.7 cm³/mol. The highest BCUT2D eigenvalue weighted by atomic mass is 19.2. The van der Waals surface area contributed by atoms with E-state index in [4.69, 9.17) is 9.84 Å². The molecule has 0 heterocycles. The number of rotatable bonds is 4. The number of hydrogen-bond donors (Lipinski definition) is 1. The van der Waals surface area contributed by atoms with E-state index < -0.39 is 24.6 Å². The Morgan fingerprint density at radius 1 is 1.29 bits per heavy atom. The van der Waals surface area contributed by atoms with E-state index in [0.29, 0.717) is 19.4 Å². The van der Waals surface area contributed by atoms with Crippen LogP contribution in [0.4, 0.5) is 8.78 Å². The fourth-order valence-corrected chi connectivity index (χ4v) is 1.63. The smallest absolute Gasteiger partial charge is 0.160 e. The zero-order valence-corrected chi connectivity index (χ0v) is 8.46. The topological polar surface area (TPSA) is 29.5 Å². The highest BCUT2D eigenvalue weighted by Gasteiger charge is 2.39. The molecule has 1 aliphatic rings. The molecule has 0 radical (unpaired) electrons. The van der Waals surface area contributed by atoms with Crippen molar-refractivity contribution in [3.63, 3.8) is 0 Å². The Kier molecular flexibility index (Phi) is 4.75. The van der Waals surface area contributed by atoms with Gasteiger partial charge in [0.05, 0.1) is 12.2 Å². The molecule has 4 atom stereocenters. The number of aliphatic hydroxyl groups is 1. The lowest BCUT2D eigenvalue weighted by molar-refractivity contribution is -0.0980. The Labute approximate surface area is 83.3 Å². The molecule has 84 valence electrons. The van der Waals surface area contributed by atoms with Gasteiger partial charge in [-0.15, -0.1) is 0 Å². The van der Waals surface area contributed by atoms with Crippen molar-refractivity contribution in [3.8, 4) is 0 Å². The Morgan fingerprint density at radius 2 is 2.00 bits per heavy atom. The summed E-state index contributed by atoms with van der Waals surface area (Å²) in [4.78, 5) is 0. The van der Waals surface area contributed by atoms with Crippen LogP contribution in [0.1, 0.15) is 32.6 Å². The summed E-state index contributed by atoms with van der Waals surface area (Å²) in [6.45, 7) is 2.49. The van der Waals surface area contributed by atoms with Crippen molar-refractivity contribution in [2.75, 3.05) is 6.61 Å². The molecule has 0 saturated heterocycles. The average molecular weight is 208 g/mol. The third-order valence-electron chi connectivity index (χ3n) is 2.60. The molecule has 0 aromatic heterocycles. The van der Waals surface area contributed by atoms with Crippen molar-refractivity contribution < 1.29 is 18.6 Å². The van der Waals surface area contributed by atoms with E-state index in [-0.39, 0.29) is 0 Å².